The van der Waals surface area contributed by atoms with Crippen LogP contribution < -0.4 is 0 Å². The van der Waals surface area contributed by atoms with Gasteiger partial charge in [0.05, 0.1) is 0 Å². The van der Waals surface area contributed by atoms with Crippen molar-refractivity contribution in [3.63, 3.8) is 0 Å². The third kappa shape index (κ3) is 41.6. The van der Waals surface area contributed by atoms with Crippen molar-refractivity contribution in [1.82, 2.24) is 0 Å². The molecule has 3 N–H and O–H groups in total. The van der Waals surface area contributed by atoms with Crippen molar-refractivity contribution >= 4 is 0 Å². The molecule has 0 saturated carbocycles. The Morgan fingerprint density at radius 1 is 0.452 bits per heavy atom. The minimum atomic E-state index is -0.531. The second-order valence-electron chi connectivity index (χ2n) is 7.40. The second kappa shape index (κ2) is 35.5. The molecule has 31 heavy (non-hydrogen) atoms. The van der Waals surface area contributed by atoms with Crippen LogP contribution in [0.3, 0.4) is 0 Å². The first-order chi connectivity index (χ1) is 14.4. The monoisotopic (exact) mass is 527 g/mol. The van der Waals surface area contributed by atoms with Gasteiger partial charge in [0.15, 0.2) is 18.9 Å². The maximum Gasteiger partial charge on any atom is 0.154 e. The van der Waals surface area contributed by atoms with Crippen LogP contribution in [0, 0.1) is 0 Å². The van der Waals surface area contributed by atoms with Gasteiger partial charge in [0, 0.05) is 52.5 Å². The molecule has 3 atom stereocenters. The van der Waals surface area contributed by atoms with Gasteiger partial charge in [0.2, 0.25) is 0 Å². The molecule has 0 aromatic heterocycles. The van der Waals surface area contributed by atoms with E-state index in [2.05, 4.69) is 20.8 Å². The zero-order valence-electron chi connectivity index (χ0n) is 21.5. The molecule has 0 fully saturated rings. The van der Waals surface area contributed by atoms with Gasteiger partial charge in [-0.1, -0.05) is 80.1 Å². The fourth-order valence-electron chi connectivity index (χ4n) is 2.08. The zero-order chi connectivity index (χ0) is 23.5. The summed E-state index contributed by atoms with van der Waals surface area (Å²) in [6, 6.07) is 0. The number of aliphatic hydroxyl groups is 3. The Bertz CT molecular complexity index is 242. The molecule has 0 rings (SSSR count). The van der Waals surface area contributed by atoms with Crippen molar-refractivity contribution in [2.45, 2.75) is 137 Å². The topological polar surface area (TPSA) is 88.4 Å². The predicted molar refractivity (Wildman–Crippen MR) is 125 cm³/mol. The van der Waals surface area contributed by atoms with E-state index in [0.29, 0.717) is 19.8 Å². The molecule has 7 heteroatoms. The summed E-state index contributed by atoms with van der Waals surface area (Å²) in [7, 11) is 0. The van der Waals surface area contributed by atoms with Crippen LogP contribution >= 0.6 is 0 Å². The molecule has 0 bridgehead atoms. The third-order valence-corrected chi connectivity index (χ3v) is 4.03. The summed E-state index contributed by atoms with van der Waals surface area (Å²) in [6.07, 6.45) is 10.1. The molecule has 1 radical (unpaired) electrons. The van der Waals surface area contributed by atoms with E-state index in [0.717, 1.165) is 77.0 Å². The van der Waals surface area contributed by atoms with Crippen LogP contribution in [0.4, 0.5) is 0 Å². The second-order valence-corrected chi connectivity index (χ2v) is 7.40. The van der Waals surface area contributed by atoms with Gasteiger partial charge in [0.1, 0.15) is 0 Å². The molecule has 3 unspecified atom stereocenters. The molecule has 0 aliphatic carbocycles. The first-order valence-corrected chi connectivity index (χ1v) is 12.3. The van der Waals surface area contributed by atoms with E-state index >= 15 is 0 Å². The van der Waals surface area contributed by atoms with Crippen LogP contribution in [0.5, 0.6) is 0 Å². The van der Waals surface area contributed by atoms with E-state index in [9.17, 15) is 0 Å². The molecular weight excluding hydrogens is 473 g/mol. The van der Waals surface area contributed by atoms with Crippen LogP contribution in [-0.2, 0) is 46.9 Å². The quantitative estimate of drug-likeness (QED) is 0.155. The van der Waals surface area contributed by atoms with E-state index < -0.39 is 18.9 Å². The molecule has 0 aliphatic rings. The average molecular weight is 528 g/mol. The SMILES string of the molecule is CCCCOC(O)CCC.CCCCOC(O)CCC.CCCCOC(O)CCC.[Y]. The zero-order valence-corrected chi connectivity index (χ0v) is 24.3. The maximum atomic E-state index is 9.05. The largest absolute Gasteiger partial charge is 0.368 e. The summed E-state index contributed by atoms with van der Waals surface area (Å²) in [6.45, 7) is 14.5. The first-order valence-electron chi connectivity index (χ1n) is 12.3. The summed E-state index contributed by atoms with van der Waals surface area (Å²) in [5, 5.41) is 27.2. The number of aliphatic hydroxyl groups excluding tert-OH is 3. The van der Waals surface area contributed by atoms with Crippen LogP contribution in [0.2, 0.25) is 0 Å². The number of hydrogen-bond donors (Lipinski definition) is 3. The average Bonchev–Trinajstić information content (AvgIpc) is 2.70. The molecule has 0 saturated heterocycles. The van der Waals surface area contributed by atoms with E-state index in [-0.39, 0.29) is 32.7 Å². The van der Waals surface area contributed by atoms with Gasteiger partial charge in [0.25, 0.3) is 0 Å². The molecule has 0 aliphatic heterocycles. The Morgan fingerprint density at radius 3 is 0.839 bits per heavy atom. The Balaban J connectivity index is -0.000000174. The Hall–Kier alpha value is 0.864. The maximum absolute atomic E-state index is 9.05. The van der Waals surface area contributed by atoms with Crippen LogP contribution in [0.25, 0.3) is 0 Å². The van der Waals surface area contributed by atoms with E-state index in [1.165, 1.54) is 0 Å². The van der Waals surface area contributed by atoms with Crippen LogP contribution in [-0.4, -0.2) is 54.0 Å². The minimum absolute atomic E-state index is 0. The molecular formula is C24H54O6Y. The van der Waals surface area contributed by atoms with Crippen LogP contribution in [0.15, 0.2) is 0 Å². The molecule has 0 aromatic carbocycles. The Labute approximate surface area is 218 Å². The van der Waals surface area contributed by atoms with Crippen molar-refractivity contribution < 1.29 is 62.2 Å². The molecule has 0 spiro atoms. The summed E-state index contributed by atoms with van der Waals surface area (Å²) in [4.78, 5) is 0. The molecule has 0 heterocycles. The molecule has 0 amide bonds. The number of hydrogen-bond acceptors (Lipinski definition) is 6. The van der Waals surface area contributed by atoms with Gasteiger partial charge >= 0.3 is 0 Å². The van der Waals surface area contributed by atoms with Crippen molar-refractivity contribution in [2.24, 2.45) is 0 Å². The molecule has 0 aromatic rings. The Morgan fingerprint density at radius 2 is 0.677 bits per heavy atom. The van der Waals surface area contributed by atoms with Crippen molar-refractivity contribution in [3.8, 4) is 0 Å². The minimum Gasteiger partial charge on any atom is -0.368 e. The molecule has 189 valence electrons. The van der Waals surface area contributed by atoms with Gasteiger partial charge < -0.3 is 29.5 Å². The van der Waals surface area contributed by atoms with E-state index in [1.807, 2.05) is 20.8 Å². The smallest absolute Gasteiger partial charge is 0.154 e. The van der Waals surface area contributed by atoms with Gasteiger partial charge in [-0.3, -0.25) is 0 Å². The van der Waals surface area contributed by atoms with Gasteiger partial charge in [-0.05, 0) is 38.5 Å². The fourth-order valence-corrected chi connectivity index (χ4v) is 2.08. The van der Waals surface area contributed by atoms with Gasteiger partial charge in [-0.2, -0.15) is 0 Å². The summed E-state index contributed by atoms with van der Waals surface area (Å²) < 4.78 is 15.2. The summed E-state index contributed by atoms with van der Waals surface area (Å²) in [5.74, 6) is 0. The van der Waals surface area contributed by atoms with Gasteiger partial charge in [-0.15, -0.1) is 0 Å². The standard InChI is InChI=1S/3C8H18O2.Y/c3*1-3-5-7-10-8(9)6-4-2;/h3*8-9H,3-7H2,1-2H3;. The van der Waals surface area contributed by atoms with Gasteiger partial charge in [-0.25, -0.2) is 0 Å². The van der Waals surface area contributed by atoms with Crippen molar-refractivity contribution in [3.05, 3.63) is 0 Å². The van der Waals surface area contributed by atoms with E-state index in [4.69, 9.17) is 29.5 Å². The fraction of sp³-hybridized carbons (Fsp3) is 1.00. The van der Waals surface area contributed by atoms with E-state index in [1.54, 1.807) is 0 Å². The van der Waals surface area contributed by atoms with Crippen molar-refractivity contribution in [1.29, 1.82) is 0 Å². The van der Waals surface area contributed by atoms with Crippen molar-refractivity contribution in [2.75, 3.05) is 19.8 Å². The molecule has 6 nitrogen and oxygen atoms in total. The summed E-state index contributed by atoms with van der Waals surface area (Å²) >= 11 is 0. The number of ether oxygens (including phenoxy) is 3. The number of unbranched alkanes of at least 4 members (excludes halogenated alkanes) is 3. The third-order valence-electron chi connectivity index (χ3n) is 4.03. The summed E-state index contributed by atoms with van der Waals surface area (Å²) in [5.41, 5.74) is 0. The number of rotatable bonds is 18. The predicted octanol–water partition coefficient (Wildman–Crippen LogP) is 5.76. The Kier molecular flexibility index (Phi) is 44.7. The normalized spacial score (nSPS) is 13.1. The van der Waals surface area contributed by atoms with Crippen LogP contribution in [0.1, 0.15) is 119 Å². The first kappa shape index (κ1) is 39.1.